The Balaban J connectivity index is 2.01. The number of benzene rings is 1. The lowest BCUT2D eigenvalue weighted by Crippen LogP contribution is -2.29. The number of carbonyl (C=O) groups is 2. The van der Waals surface area contributed by atoms with E-state index in [4.69, 9.17) is 4.74 Å². The van der Waals surface area contributed by atoms with Crippen LogP contribution in [0.5, 0.6) is 0 Å². The zero-order valence-electron chi connectivity index (χ0n) is 17.4. The van der Waals surface area contributed by atoms with Gasteiger partial charge >= 0.3 is 5.97 Å². The average molecular weight is 383 g/mol. The number of para-hydroxylation sites is 1. The van der Waals surface area contributed by atoms with Gasteiger partial charge in [-0.15, -0.1) is 0 Å². The molecule has 1 aromatic carbocycles. The summed E-state index contributed by atoms with van der Waals surface area (Å²) in [6, 6.07) is 7.69. The number of carbonyl (C=O) groups excluding carboxylic acids is 2. The second kappa shape index (κ2) is 9.35. The third-order valence-electron chi connectivity index (χ3n) is 4.98. The Morgan fingerprint density at radius 2 is 1.93 bits per heavy atom. The van der Waals surface area contributed by atoms with Crippen molar-refractivity contribution in [1.82, 2.24) is 9.78 Å². The van der Waals surface area contributed by atoms with Gasteiger partial charge in [0.25, 0.3) is 5.91 Å². The van der Waals surface area contributed by atoms with Crippen LogP contribution in [0, 0.1) is 13.8 Å². The van der Waals surface area contributed by atoms with Gasteiger partial charge in [-0.1, -0.05) is 32.0 Å². The number of nitrogens with zero attached hydrogens (tertiary/aromatic N) is 2. The summed E-state index contributed by atoms with van der Waals surface area (Å²) in [5.41, 5.74) is 4.48. The first-order chi connectivity index (χ1) is 13.2. The summed E-state index contributed by atoms with van der Waals surface area (Å²) in [4.78, 5) is 24.6. The number of anilines is 1. The van der Waals surface area contributed by atoms with Crippen molar-refractivity contribution in [2.45, 2.75) is 53.1 Å². The number of nitrogens with one attached hydrogen (secondary N) is 1. The minimum absolute atomic E-state index is 0.322. The molecule has 0 spiro atoms. The van der Waals surface area contributed by atoms with Gasteiger partial charge in [0, 0.05) is 30.1 Å². The largest absolute Gasteiger partial charge is 0.449 e. The Labute approximate surface area is 166 Å². The number of hydrogen-bond donors (Lipinski definition) is 1. The first-order valence-electron chi connectivity index (χ1n) is 9.53. The van der Waals surface area contributed by atoms with Crippen molar-refractivity contribution in [3.63, 3.8) is 0 Å². The Morgan fingerprint density at radius 3 is 2.54 bits per heavy atom. The molecule has 1 N–H and O–H groups in total. The number of esters is 1. The van der Waals surface area contributed by atoms with Crippen LogP contribution >= 0.6 is 0 Å². The molecule has 0 saturated heterocycles. The van der Waals surface area contributed by atoms with Crippen LogP contribution in [0.15, 0.2) is 30.3 Å². The predicted molar refractivity (Wildman–Crippen MR) is 111 cm³/mol. The lowest BCUT2D eigenvalue weighted by Gasteiger charge is -2.17. The summed E-state index contributed by atoms with van der Waals surface area (Å²) in [5.74, 6) is -0.602. The summed E-state index contributed by atoms with van der Waals surface area (Å²) in [6.07, 6.45) is 3.06. The normalized spacial score (nSPS) is 13.4. The van der Waals surface area contributed by atoms with Crippen LogP contribution in [-0.2, 0) is 21.4 Å². The minimum atomic E-state index is -0.904. The number of amides is 1. The van der Waals surface area contributed by atoms with E-state index in [9.17, 15) is 9.59 Å². The fourth-order valence-electron chi connectivity index (χ4n) is 2.94. The predicted octanol–water partition coefficient (Wildman–Crippen LogP) is 4.13. The third kappa shape index (κ3) is 5.09. The van der Waals surface area contributed by atoms with Crippen molar-refractivity contribution in [1.29, 1.82) is 0 Å². The summed E-state index contributed by atoms with van der Waals surface area (Å²) in [5, 5.41) is 7.18. The standard InChI is InChI=1S/C22H29N3O3/c1-7-14(2)18-10-8-9-11-20(18)23-22(27)17(5)28-21(26)13-12-19-15(3)24-25(6)16(19)4/h8-14,17H,7H2,1-6H3,(H,23,27)/b13-12+/t14-,17-/m1/s1. The maximum Gasteiger partial charge on any atom is 0.331 e. The van der Waals surface area contributed by atoms with Crippen LogP contribution in [0.1, 0.15) is 55.6 Å². The molecule has 0 radical (unpaired) electrons. The molecule has 1 heterocycles. The SMILES string of the molecule is CC[C@@H](C)c1ccccc1NC(=O)[C@@H](C)OC(=O)/C=C/c1c(C)nn(C)c1C. The molecule has 1 amide bonds. The van der Waals surface area contributed by atoms with Gasteiger partial charge in [0.05, 0.1) is 5.69 Å². The maximum atomic E-state index is 12.5. The van der Waals surface area contributed by atoms with E-state index < -0.39 is 12.1 Å². The van der Waals surface area contributed by atoms with E-state index in [1.807, 2.05) is 45.2 Å². The topological polar surface area (TPSA) is 73.2 Å². The third-order valence-corrected chi connectivity index (χ3v) is 4.98. The summed E-state index contributed by atoms with van der Waals surface area (Å²) in [6.45, 7) is 9.58. The van der Waals surface area contributed by atoms with E-state index in [1.165, 1.54) is 6.08 Å². The van der Waals surface area contributed by atoms with Crippen molar-refractivity contribution < 1.29 is 14.3 Å². The Hall–Kier alpha value is -2.89. The molecular weight excluding hydrogens is 354 g/mol. The zero-order chi connectivity index (χ0) is 20.8. The number of hydrogen-bond acceptors (Lipinski definition) is 4. The molecule has 0 saturated carbocycles. The average Bonchev–Trinajstić information content (AvgIpc) is 2.91. The van der Waals surface area contributed by atoms with Gasteiger partial charge in [0.15, 0.2) is 6.10 Å². The maximum absolute atomic E-state index is 12.5. The van der Waals surface area contributed by atoms with Crippen molar-refractivity contribution in [2.24, 2.45) is 7.05 Å². The summed E-state index contributed by atoms with van der Waals surface area (Å²) >= 11 is 0. The molecule has 0 aliphatic rings. The molecule has 150 valence electrons. The van der Waals surface area contributed by atoms with Gasteiger partial charge in [-0.2, -0.15) is 5.10 Å². The van der Waals surface area contributed by atoms with E-state index >= 15 is 0 Å². The molecule has 2 rings (SSSR count). The van der Waals surface area contributed by atoms with Crippen LogP contribution in [0.25, 0.3) is 6.08 Å². The summed E-state index contributed by atoms with van der Waals surface area (Å²) < 4.78 is 7.01. The Morgan fingerprint density at radius 1 is 1.25 bits per heavy atom. The van der Waals surface area contributed by atoms with Crippen LogP contribution in [0.4, 0.5) is 5.69 Å². The molecule has 0 aliphatic carbocycles. The number of ether oxygens (including phenoxy) is 1. The fraction of sp³-hybridized carbons (Fsp3) is 0.409. The number of aromatic nitrogens is 2. The van der Waals surface area contributed by atoms with Crippen LogP contribution in [0.2, 0.25) is 0 Å². The smallest absolute Gasteiger partial charge is 0.331 e. The van der Waals surface area contributed by atoms with Crippen LogP contribution < -0.4 is 5.32 Å². The number of rotatable bonds is 7. The highest BCUT2D eigenvalue weighted by Gasteiger charge is 2.19. The van der Waals surface area contributed by atoms with Crippen LogP contribution in [-0.4, -0.2) is 27.8 Å². The van der Waals surface area contributed by atoms with Gasteiger partial charge < -0.3 is 10.1 Å². The lowest BCUT2D eigenvalue weighted by atomic mass is 9.97. The molecular formula is C22H29N3O3. The van der Waals surface area contributed by atoms with E-state index in [-0.39, 0.29) is 5.91 Å². The van der Waals surface area contributed by atoms with Crippen LogP contribution in [0.3, 0.4) is 0 Å². The zero-order valence-corrected chi connectivity index (χ0v) is 17.4. The first-order valence-corrected chi connectivity index (χ1v) is 9.53. The second-order valence-corrected chi connectivity index (χ2v) is 7.01. The molecule has 28 heavy (non-hydrogen) atoms. The van der Waals surface area contributed by atoms with E-state index in [0.29, 0.717) is 5.92 Å². The molecule has 1 aromatic heterocycles. The van der Waals surface area contributed by atoms with Crippen molar-refractivity contribution in [3.8, 4) is 0 Å². The van der Waals surface area contributed by atoms with Gasteiger partial charge in [0.1, 0.15) is 0 Å². The molecule has 0 fully saturated rings. The van der Waals surface area contributed by atoms with Gasteiger partial charge in [0.2, 0.25) is 0 Å². The molecule has 0 aliphatic heterocycles. The molecule has 2 atom stereocenters. The molecule has 6 nitrogen and oxygen atoms in total. The molecule has 0 unspecified atom stereocenters. The van der Waals surface area contributed by atoms with E-state index in [1.54, 1.807) is 17.7 Å². The quantitative estimate of drug-likeness (QED) is 0.576. The Bertz CT molecular complexity index is 883. The second-order valence-electron chi connectivity index (χ2n) is 7.01. The Kier molecular flexibility index (Phi) is 7.15. The molecule has 6 heteroatoms. The van der Waals surface area contributed by atoms with E-state index in [0.717, 1.165) is 34.6 Å². The highest BCUT2D eigenvalue weighted by molar-refractivity contribution is 5.97. The molecule has 2 aromatic rings. The van der Waals surface area contributed by atoms with Gasteiger partial charge in [-0.3, -0.25) is 9.48 Å². The summed E-state index contributed by atoms with van der Waals surface area (Å²) in [7, 11) is 1.85. The minimum Gasteiger partial charge on any atom is -0.449 e. The first kappa shape index (κ1) is 21.4. The highest BCUT2D eigenvalue weighted by atomic mass is 16.5. The van der Waals surface area contributed by atoms with Gasteiger partial charge in [-0.05, 0) is 50.8 Å². The monoisotopic (exact) mass is 383 g/mol. The van der Waals surface area contributed by atoms with Crippen molar-refractivity contribution in [3.05, 3.63) is 52.9 Å². The number of aryl methyl sites for hydroxylation is 2. The van der Waals surface area contributed by atoms with Crippen molar-refractivity contribution in [2.75, 3.05) is 5.32 Å². The van der Waals surface area contributed by atoms with E-state index in [2.05, 4.69) is 24.3 Å². The fourth-order valence-corrected chi connectivity index (χ4v) is 2.94. The lowest BCUT2D eigenvalue weighted by molar-refractivity contribution is -0.148. The van der Waals surface area contributed by atoms with Gasteiger partial charge in [-0.25, -0.2) is 4.79 Å². The van der Waals surface area contributed by atoms with Crippen molar-refractivity contribution >= 4 is 23.6 Å². The molecule has 0 bridgehead atoms. The highest BCUT2D eigenvalue weighted by Crippen LogP contribution is 2.26.